The molecule has 0 unspecified atom stereocenters. The van der Waals surface area contributed by atoms with E-state index in [-0.39, 0.29) is 13.2 Å². The Bertz CT molecular complexity index is 772. The molecule has 2 rings (SSSR count). The molecule has 1 aromatic carbocycles. The lowest BCUT2D eigenvalue weighted by Crippen LogP contribution is -2.29. The van der Waals surface area contributed by atoms with Crippen molar-refractivity contribution in [3.8, 4) is 0 Å². The summed E-state index contributed by atoms with van der Waals surface area (Å²) in [5, 5.41) is 4.10. The van der Waals surface area contributed by atoms with Gasteiger partial charge in [0.05, 0.1) is 6.54 Å². The highest BCUT2D eigenvalue weighted by atomic mass is 16.5. The highest BCUT2D eigenvalue weighted by molar-refractivity contribution is 5.74. The number of carbonyl (C=O) groups excluding carboxylic acids is 2. The lowest BCUT2D eigenvalue weighted by Gasteiger charge is -2.06. The molecule has 0 fully saturated rings. The molecule has 0 amide bonds. The van der Waals surface area contributed by atoms with Gasteiger partial charge in [0.1, 0.15) is 12.4 Å². The van der Waals surface area contributed by atoms with Crippen molar-refractivity contribution in [3.63, 3.8) is 0 Å². The van der Waals surface area contributed by atoms with Gasteiger partial charge in [-0.25, -0.2) is 4.79 Å². The third-order valence-corrected chi connectivity index (χ3v) is 3.34. The molecule has 0 radical (unpaired) electrons. The fourth-order valence-corrected chi connectivity index (χ4v) is 2.17. The Labute approximate surface area is 133 Å². The molecule has 1 heterocycles. The van der Waals surface area contributed by atoms with Crippen LogP contribution in [0.2, 0.25) is 0 Å². The average molecular weight is 317 g/mol. The third kappa shape index (κ3) is 4.15. The lowest BCUT2D eigenvalue weighted by atomic mass is 10.1. The number of hydrogen-bond donors (Lipinski definition) is 0. The van der Waals surface area contributed by atoms with E-state index in [1.165, 1.54) is 18.4 Å². The molecule has 0 N–H and O–H groups in total. The van der Waals surface area contributed by atoms with E-state index >= 15 is 0 Å². The first-order valence-corrected chi connectivity index (χ1v) is 7.27. The first-order chi connectivity index (χ1) is 10.9. The van der Waals surface area contributed by atoms with Gasteiger partial charge in [-0.2, -0.15) is 0 Å². The van der Waals surface area contributed by atoms with Gasteiger partial charge in [0.25, 0.3) is 0 Å². The minimum Gasteiger partial charge on any atom is -0.464 e. The van der Waals surface area contributed by atoms with Crippen molar-refractivity contribution in [1.82, 2.24) is 14.3 Å². The maximum absolute atomic E-state index is 12.3. The van der Waals surface area contributed by atoms with Crippen molar-refractivity contribution >= 4 is 11.9 Å². The van der Waals surface area contributed by atoms with Crippen LogP contribution in [0.25, 0.3) is 0 Å². The van der Waals surface area contributed by atoms with Crippen LogP contribution in [0.4, 0.5) is 0 Å². The Morgan fingerprint density at radius 1 is 1.17 bits per heavy atom. The minimum atomic E-state index is -0.522. The summed E-state index contributed by atoms with van der Waals surface area (Å²) in [6.07, 6.45) is 0.413. The first-order valence-electron chi connectivity index (χ1n) is 7.27. The third-order valence-electron chi connectivity index (χ3n) is 3.34. The summed E-state index contributed by atoms with van der Waals surface area (Å²) in [4.78, 5) is 34.6. The van der Waals surface area contributed by atoms with Crippen LogP contribution in [0.3, 0.4) is 0 Å². The topological polar surface area (TPSA) is 83.2 Å². The molecule has 0 bridgehead atoms. The minimum absolute atomic E-state index is 0.0553. The Morgan fingerprint density at radius 3 is 2.39 bits per heavy atom. The Hall–Kier alpha value is -2.70. The van der Waals surface area contributed by atoms with E-state index in [1.807, 2.05) is 31.2 Å². The number of aromatic nitrogens is 3. The van der Waals surface area contributed by atoms with E-state index in [4.69, 9.17) is 4.74 Å². The molecule has 2 aromatic rings. The molecular weight excluding hydrogens is 298 g/mol. The number of esters is 1. The summed E-state index contributed by atoms with van der Waals surface area (Å²) in [5.74, 6) is -0.412. The van der Waals surface area contributed by atoms with Crippen LogP contribution >= 0.6 is 0 Å². The van der Waals surface area contributed by atoms with Gasteiger partial charge in [0.2, 0.25) is 5.91 Å². The number of nitrogens with zero attached hydrogens (tertiary/aromatic N) is 3. The van der Waals surface area contributed by atoms with Gasteiger partial charge < -0.3 is 4.74 Å². The molecule has 23 heavy (non-hydrogen) atoms. The van der Waals surface area contributed by atoms with Crippen molar-refractivity contribution in [2.75, 3.05) is 6.61 Å². The van der Waals surface area contributed by atoms with Gasteiger partial charge >= 0.3 is 11.7 Å². The van der Waals surface area contributed by atoms with Gasteiger partial charge in [0, 0.05) is 20.3 Å². The normalized spacial score (nSPS) is 10.6. The van der Waals surface area contributed by atoms with Crippen molar-refractivity contribution < 1.29 is 14.3 Å². The summed E-state index contributed by atoms with van der Waals surface area (Å²) in [6, 6.07) is 7.84. The lowest BCUT2D eigenvalue weighted by molar-refractivity contribution is -0.141. The second kappa shape index (κ2) is 7.04. The van der Waals surface area contributed by atoms with Crippen LogP contribution in [0, 0.1) is 6.92 Å². The molecule has 0 saturated heterocycles. The van der Waals surface area contributed by atoms with Gasteiger partial charge in [-0.05, 0) is 12.5 Å². The van der Waals surface area contributed by atoms with Crippen LogP contribution in [-0.4, -0.2) is 32.8 Å². The van der Waals surface area contributed by atoms with Crippen LogP contribution in [0.1, 0.15) is 35.6 Å². The molecule has 0 aliphatic heterocycles. The van der Waals surface area contributed by atoms with Crippen LogP contribution in [0.5, 0.6) is 0 Å². The standard InChI is InChI=1S/C16H19N3O4/c1-11-4-6-14(7-5-11)10-15-17-19(12(2)20)16(22)18(15)8-9-23-13(3)21/h4-7H,8-10H2,1-3H3. The summed E-state index contributed by atoms with van der Waals surface area (Å²) >= 11 is 0. The van der Waals surface area contributed by atoms with Crippen molar-refractivity contribution in [3.05, 3.63) is 51.7 Å². The number of aryl methyl sites for hydroxylation is 1. The fraction of sp³-hybridized carbons (Fsp3) is 0.375. The molecule has 7 heteroatoms. The second-order valence-electron chi connectivity index (χ2n) is 5.28. The number of benzene rings is 1. The highest BCUT2D eigenvalue weighted by Gasteiger charge is 2.16. The van der Waals surface area contributed by atoms with E-state index < -0.39 is 17.6 Å². The van der Waals surface area contributed by atoms with E-state index in [0.29, 0.717) is 12.2 Å². The number of hydrogen-bond acceptors (Lipinski definition) is 5. The summed E-state index contributed by atoms with van der Waals surface area (Å²) in [6.45, 7) is 4.78. The SMILES string of the molecule is CC(=O)OCCn1c(Cc2ccc(C)cc2)nn(C(C)=O)c1=O. The molecule has 0 atom stereocenters. The summed E-state index contributed by atoms with van der Waals surface area (Å²) < 4.78 is 7.07. The van der Waals surface area contributed by atoms with Crippen molar-refractivity contribution in [1.29, 1.82) is 0 Å². The van der Waals surface area contributed by atoms with Gasteiger partial charge in [0.15, 0.2) is 0 Å². The van der Waals surface area contributed by atoms with Crippen molar-refractivity contribution in [2.45, 2.75) is 33.7 Å². The van der Waals surface area contributed by atoms with Crippen LogP contribution in [0.15, 0.2) is 29.1 Å². The molecule has 0 saturated carbocycles. The monoisotopic (exact) mass is 317 g/mol. The molecule has 7 nitrogen and oxygen atoms in total. The molecular formula is C16H19N3O4. The second-order valence-corrected chi connectivity index (χ2v) is 5.28. The van der Waals surface area contributed by atoms with Crippen LogP contribution in [-0.2, 0) is 22.5 Å². The van der Waals surface area contributed by atoms with Crippen LogP contribution < -0.4 is 5.69 Å². The van der Waals surface area contributed by atoms with Gasteiger partial charge in [-0.3, -0.25) is 14.2 Å². The predicted molar refractivity (Wildman–Crippen MR) is 83.4 cm³/mol. The largest absolute Gasteiger partial charge is 0.464 e. The van der Waals surface area contributed by atoms with Gasteiger partial charge in [-0.15, -0.1) is 9.78 Å². The highest BCUT2D eigenvalue weighted by Crippen LogP contribution is 2.08. The molecule has 0 spiro atoms. The molecule has 0 aliphatic rings. The zero-order valence-corrected chi connectivity index (χ0v) is 13.4. The number of ether oxygens (including phenoxy) is 1. The molecule has 122 valence electrons. The van der Waals surface area contributed by atoms with Crippen molar-refractivity contribution in [2.24, 2.45) is 0 Å². The number of rotatable bonds is 5. The van der Waals surface area contributed by atoms with Gasteiger partial charge in [-0.1, -0.05) is 29.8 Å². The van der Waals surface area contributed by atoms with E-state index in [9.17, 15) is 14.4 Å². The maximum Gasteiger partial charge on any atom is 0.353 e. The van der Waals surface area contributed by atoms with E-state index in [2.05, 4.69) is 5.10 Å². The van der Waals surface area contributed by atoms with E-state index in [0.717, 1.165) is 15.8 Å². The zero-order valence-electron chi connectivity index (χ0n) is 13.4. The smallest absolute Gasteiger partial charge is 0.353 e. The summed E-state index contributed by atoms with van der Waals surface area (Å²) in [5.41, 5.74) is 1.59. The Balaban J connectivity index is 2.30. The molecule has 1 aromatic heterocycles. The molecule has 0 aliphatic carbocycles. The average Bonchev–Trinajstić information content (AvgIpc) is 2.78. The van der Waals surface area contributed by atoms with E-state index in [1.54, 1.807) is 0 Å². The predicted octanol–water partition coefficient (Wildman–Crippen LogP) is 1.17. The maximum atomic E-state index is 12.3. The number of carbonyl (C=O) groups is 2. The first kappa shape index (κ1) is 16.7. The quantitative estimate of drug-likeness (QED) is 0.773. The fourth-order valence-electron chi connectivity index (χ4n) is 2.17. The summed E-state index contributed by atoms with van der Waals surface area (Å²) in [7, 11) is 0. The Morgan fingerprint density at radius 2 is 1.83 bits per heavy atom. The Kier molecular flexibility index (Phi) is 5.10. The zero-order chi connectivity index (χ0) is 17.0.